The van der Waals surface area contributed by atoms with Crippen molar-refractivity contribution in [1.29, 1.82) is 0 Å². The van der Waals surface area contributed by atoms with Crippen LogP contribution in [0.1, 0.15) is 0 Å². The Morgan fingerprint density at radius 1 is 1.23 bits per heavy atom. The van der Waals surface area contributed by atoms with Crippen molar-refractivity contribution in [3.8, 4) is 11.5 Å². The van der Waals surface area contributed by atoms with E-state index < -0.39 is 23.8 Å². The van der Waals surface area contributed by atoms with E-state index in [4.69, 9.17) is 9.47 Å². The van der Waals surface area contributed by atoms with E-state index in [0.717, 1.165) is 4.90 Å². The van der Waals surface area contributed by atoms with Crippen molar-refractivity contribution in [1.82, 2.24) is 10.2 Å². The van der Waals surface area contributed by atoms with Crippen LogP contribution >= 0.6 is 0 Å². The number of methoxy groups -OCH3 is 2. The van der Waals surface area contributed by atoms with Crippen LogP contribution in [0.5, 0.6) is 11.5 Å². The number of rotatable bonds is 7. The Kier molecular flexibility index (Phi) is 6.29. The Morgan fingerprint density at radius 2 is 1.96 bits per heavy atom. The maximum atomic E-state index is 12.8. The Bertz CT molecular complexity index is 732. The first-order chi connectivity index (χ1) is 12.4. The van der Waals surface area contributed by atoms with Gasteiger partial charge in [-0.15, -0.1) is 0 Å². The summed E-state index contributed by atoms with van der Waals surface area (Å²) in [5, 5.41) is 2.18. The number of benzene rings is 1. The SMILES string of the molecule is COc1ccc(OC)c(N2C(=O)NC(=O)C(C=NCCN(C)C)C2=O)c1. The topological polar surface area (TPSA) is 101 Å². The van der Waals surface area contributed by atoms with Crippen LogP contribution in [0, 0.1) is 5.92 Å². The van der Waals surface area contributed by atoms with Gasteiger partial charge >= 0.3 is 6.03 Å². The van der Waals surface area contributed by atoms with Crippen LogP contribution < -0.4 is 19.7 Å². The van der Waals surface area contributed by atoms with Gasteiger partial charge in [0.15, 0.2) is 5.92 Å². The Morgan fingerprint density at radius 3 is 2.58 bits per heavy atom. The zero-order chi connectivity index (χ0) is 19.3. The molecule has 0 bridgehead atoms. The van der Waals surface area contributed by atoms with Gasteiger partial charge in [-0.25, -0.2) is 9.69 Å². The van der Waals surface area contributed by atoms with E-state index in [-0.39, 0.29) is 5.69 Å². The Hall–Kier alpha value is -2.94. The molecule has 1 fully saturated rings. The Labute approximate surface area is 151 Å². The van der Waals surface area contributed by atoms with Crippen LogP contribution in [0.2, 0.25) is 0 Å². The summed E-state index contributed by atoms with van der Waals surface area (Å²) in [6.45, 7) is 1.10. The molecule has 1 unspecified atom stereocenters. The highest BCUT2D eigenvalue weighted by molar-refractivity contribution is 6.33. The number of barbiturate groups is 1. The van der Waals surface area contributed by atoms with E-state index in [1.54, 1.807) is 12.1 Å². The van der Waals surface area contributed by atoms with Crippen molar-refractivity contribution in [3.63, 3.8) is 0 Å². The number of carbonyl (C=O) groups excluding carboxylic acids is 3. The van der Waals surface area contributed by atoms with Gasteiger partial charge in [0.25, 0.3) is 5.91 Å². The first-order valence-electron chi connectivity index (χ1n) is 7.94. The molecule has 140 valence electrons. The first-order valence-corrected chi connectivity index (χ1v) is 7.94. The fourth-order valence-corrected chi connectivity index (χ4v) is 2.36. The second-order valence-electron chi connectivity index (χ2n) is 5.84. The molecule has 0 radical (unpaired) electrons. The lowest BCUT2D eigenvalue weighted by atomic mass is 10.1. The summed E-state index contributed by atoms with van der Waals surface area (Å²) in [6, 6.07) is 3.86. The molecule has 0 spiro atoms. The predicted octanol–water partition coefficient (Wildman–Crippen LogP) is 0.535. The van der Waals surface area contributed by atoms with E-state index in [1.807, 2.05) is 19.0 Å². The van der Waals surface area contributed by atoms with Gasteiger partial charge in [-0.3, -0.25) is 19.9 Å². The Balaban J connectivity index is 2.32. The third-order valence-corrected chi connectivity index (χ3v) is 3.76. The molecule has 2 rings (SSSR count). The molecule has 1 aliphatic heterocycles. The molecule has 1 aromatic rings. The molecular formula is C17H22N4O5. The lowest BCUT2D eigenvalue weighted by Gasteiger charge is -2.29. The number of ether oxygens (including phenoxy) is 2. The van der Waals surface area contributed by atoms with Gasteiger partial charge in [-0.2, -0.15) is 0 Å². The number of anilines is 1. The molecule has 1 aliphatic rings. The van der Waals surface area contributed by atoms with Gasteiger partial charge in [0.05, 0.1) is 26.5 Å². The minimum Gasteiger partial charge on any atom is -0.497 e. The molecule has 4 amide bonds. The van der Waals surface area contributed by atoms with Crippen LogP contribution in [-0.4, -0.2) is 70.4 Å². The summed E-state index contributed by atoms with van der Waals surface area (Å²) in [7, 11) is 6.67. The van der Waals surface area contributed by atoms with Crippen molar-refractivity contribution >= 4 is 29.7 Å². The summed E-state index contributed by atoms with van der Waals surface area (Å²) < 4.78 is 10.4. The quantitative estimate of drug-likeness (QED) is 0.561. The fourth-order valence-electron chi connectivity index (χ4n) is 2.36. The van der Waals surface area contributed by atoms with E-state index in [1.165, 1.54) is 26.5 Å². The molecule has 26 heavy (non-hydrogen) atoms. The smallest absolute Gasteiger partial charge is 0.335 e. The second kappa shape index (κ2) is 8.43. The number of carbonyl (C=O) groups is 3. The summed E-state index contributed by atoms with van der Waals surface area (Å²) >= 11 is 0. The monoisotopic (exact) mass is 362 g/mol. The molecule has 0 aliphatic carbocycles. The molecular weight excluding hydrogens is 340 g/mol. The number of aliphatic imine (C=N–C) groups is 1. The summed E-state index contributed by atoms with van der Waals surface area (Å²) in [4.78, 5) is 44.0. The molecule has 9 heteroatoms. The number of hydrogen-bond acceptors (Lipinski definition) is 7. The van der Waals surface area contributed by atoms with E-state index in [9.17, 15) is 14.4 Å². The summed E-state index contributed by atoms with van der Waals surface area (Å²) in [6.07, 6.45) is 1.27. The van der Waals surface area contributed by atoms with Crippen molar-refractivity contribution < 1.29 is 23.9 Å². The molecule has 0 saturated carbocycles. The largest absolute Gasteiger partial charge is 0.497 e. The van der Waals surface area contributed by atoms with Gasteiger partial charge in [0.1, 0.15) is 11.5 Å². The standard InChI is InChI=1S/C17H22N4O5/c1-20(2)8-7-18-10-12-15(22)19-17(24)21(16(12)23)13-9-11(25-3)5-6-14(13)26-4/h5-6,9-10,12H,7-8H2,1-4H3,(H,19,22,24). The number of nitrogens with one attached hydrogen (secondary N) is 1. The highest BCUT2D eigenvalue weighted by Gasteiger charge is 2.41. The van der Waals surface area contributed by atoms with Gasteiger partial charge < -0.3 is 14.4 Å². The highest BCUT2D eigenvalue weighted by atomic mass is 16.5. The first kappa shape index (κ1) is 19.4. The third kappa shape index (κ3) is 4.17. The average molecular weight is 362 g/mol. The van der Waals surface area contributed by atoms with E-state index >= 15 is 0 Å². The summed E-state index contributed by atoms with van der Waals surface area (Å²) in [5.41, 5.74) is 0.188. The molecule has 1 atom stereocenters. The minimum atomic E-state index is -1.19. The molecule has 1 aromatic carbocycles. The highest BCUT2D eigenvalue weighted by Crippen LogP contribution is 2.34. The maximum Gasteiger partial charge on any atom is 0.335 e. The number of imide groups is 2. The number of amides is 4. The molecule has 1 heterocycles. The van der Waals surface area contributed by atoms with Crippen molar-refractivity contribution in [2.75, 3.05) is 46.3 Å². The van der Waals surface area contributed by atoms with Gasteiger partial charge in [0.2, 0.25) is 5.91 Å². The van der Waals surface area contributed by atoms with Crippen LogP contribution in [0.3, 0.4) is 0 Å². The van der Waals surface area contributed by atoms with Crippen LogP contribution in [-0.2, 0) is 9.59 Å². The van der Waals surface area contributed by atoms with Crippen molar-refractivity contribution in [2.45, 2.75) is 0 Å². The zero-order valence-electron chi connectivity index (χ0n) is 15.2. The average Bonchev–Trinajstić information content (AvgIpc) is 2.60. The summed E-state index contributed by atoms with van der Waals surface area (Å²) in [5.74, 6) is -1.85. The van der Waals surface area contributed by atoms with E-state index in [0.29, 0.717) is 24.6 Å². The molecule has 1 saturated heterocycles. The molecule has 9 nitrogen and oxygen atoms in total. The van der Waals surface area contributed by atoms with Crippen LogP contribution in [0.4, 0.5) is 10.5 Å². The van der Waals surface area contributed by atoms with Gasteiger partial charge in [0, 0.05) is 18.8 Å². The number of likely N-dealkylation sites (N-methyl/N-ethyl adjacent to an activating group) is 1. The molecule has 0 aromatic heterocycles. The maximum absolute atomic E-state index is 12.8. The fraction of sp³-hybridized carbons (Fsp3) is 0.412. The van der Waals surface area contributed by atoms with E-state index in [2.05, 4.69) is 10.3 Å². The van der Waals surface area contributed by atoms with Crippen molar-refractivity contribution in [3.05, 3.63) is 18.2 Å². The van der Waals surface area contributed by atoms with Crippen molar-refractivity contribution in [2.24, 2.45) is 10.9 Å². The lowest BCUT2D eigenvalue weighted by Crippen LogP contribution is -2.58. The normalized spacial score (nSPS) is 17.8. The third-order valence-electron chi connectivity index (χ3n) is 3.76. The van der Waals surface area contributed by atoms with Gasteiger partial charge in [-0.1, -0.05) is 0 Å². The van der Waals surface area contributed by atoms with Crippen LogP contribution in [0.15, 0.2) is 23.2 Å². The second-order valence-corrected chi connectivity index (χ2v) is 5.84. The van der Waals surface area contributed by atoms with Crippen LogP contribution in [0.25, 0.3) is 0 Å². The number of nitrogens with zero attached hydrogens (tertiary/aromatic N) is 3. The zero-order valence-corrected chi connectivity index (χ0v) is 15.2. The number of urea groups is 1. The lowest BCUT2D eigenvalue weighted by molar-refractivity contribution is -0.131. The minimum absolute atomic E-state index is 0.188. The predicted molar refractivity (Wildman–Crippen MR) is 96.0 cm³/mol. The molecule has 1 N–H and O–H groups in total. The number of hydrogen-bond donors (Lipinski definition) is 1. The van der Waals surface area contributed by atoms with Gasteiger partial charge in [-0.05, 0) is 26.2 Å².